The van der Waals surface area contributed by atoms with Gasteiger partial charge in [-0.3, -0.25) is 14.4 Å². The molecule has 1 unspecified atom stereocenters. The summed E-state index contributed by atoms with van der Waals surface area (Å²) >= 11 is 0. The number of ether oxygens (including phenoxy) is 3. The predicted octanol–water partition coefficient (Wildman–Crippen LogP) is 19.0. The molecule has 1 atom stereocenters. The Kier molecular flexibility index (Phi) is 52.8. The molecule has 0 radical (unpaired) electrons. The van der Waals surface area contributed by atoms with Crippen molar-refractivity contribution in [3.63, 3.8) is 0 Å². The van der Waals surface area contributed by atoms with Crippen LogP contribution in [0.2, 0.25) is 0 Å². The van der Waals surface area contributed by atoms with Crippen LogP contribution in [-0.2, 0) is 28.6 Å². The minimum absolute atomic E-state index is 0.0798. The zero-order valence-electron chi connectivity index (χ0n) is 44.0. The molecule has 66 heavy (non-hydrogen) atoms. The minimum Gasteiger partial charge on any atom is -0.462 e. The van der Waals surface area contributed by atoms with Crippen molar-refractivity contribution in [1.29, 1.82) is 0 Å². The van der Waals surface area contributed by atoms with Crippen molar-refractivity contribution in [2.24, 2.45) is 0 Å². The van der Waals surface area contributed by atoms with Crippen molar-refractivity contribution in [2.45, 2.75) is 303 Å². The molecule has 6 heteroatoms. The van der Waals surface area contributed by atoms with Crippen molar-refractivity contribution in [2.75, 3.05) is 13.2 Å². The van der Waals surface area contributed by atoms with E-state index >= 15 is 0 Å². The Bertz CT molecular complexity index is 1150. The van der Waals surface area contributed by atoms with Crippen LogP contribution < -0.4 is 0 Å². The second kappa shape index (κ2) is 55.0. The van der Waals surface area contributed by atoms with E-state index in [1.54, 1.807) is 0 Å². The van der Waals surface area contributed by atoms with Crippen LogP contribution in [0.5, 0.6) is 0 Å². The number of hydrogen-bond donors (Lipinski definition) is 0. The van der Waals surface area contributed by atoms with Gasteiger partial charge in [-0.05, 0) is 70.6 Å². The molecule has 0 aromatic carbocycles. The van der Waals surface area contributed by atoms with Crippen molar-refractivity contribution in [3.05, 3.63) is 48.6 Å². The summed E-state index contributed by atoms with van der Waals surface area (Å²) in [5, 5.41) is 0. The van der Waals surface area contributed by atoms with Crippen LogP contribution in [0.3, 0.4) is 0 Å². The number of allylic oxidation sites excluding steroid dienone is 8. The first kappa shape index (κ1) is 63.4. The normalized spacial score (nSPS) is 12.3. The summed E-state index contributed by atoms with van der Waals surface area (Å²) in [6.45, 7) is 6.54. The highest BCUT2D eigenvalue weighted by Gasteiger charge is 2.19. The van der Waals surface area contributed by atoms with E-state index in [1.165, 1.54) is 161 Å². The first-order chi connectivity index (χ1) is 32.5. The SMILES string of the molecule is CC/C=C\C/C=C\CCCCCCCCCC(=O)OCC(COC(=O)CCCCCCC/C=C\C=C/CCCCCCCCC)OC(=O)CCCCCCCCCCCCCCCCCC. The van der Waals surface area contributed by atoms with Crippen molar-refractivity contribution in [1.82, 2.24) is 0 Å². The maximum absolute atomic E-state index is 12.8. The van der Waals surface area contributed by atoms with Crippen molar-refractivity contribution < 1.29 is 28.6 Å². The lowest BCUT2D eigenvalue weighted by atomic mass is 10.0. The van der Waals surface area contributed by atoms with Gasteiger partial charge in [0.05, 0.1) is 0 Å². The fraction of sp³-hybridized carbons (Fsp3) is 0.817. The lowest BCUT2D eigenvalue weighted by Gasteiger charge is -2.18. The van der Waals surface area contributed by atoms with Crippen molar-refractivity contribution in [3.8, 4) is 0 Å². The molecule has 0 aromatic heterocycles. The van der Waals surface area contributed by atoms with E-state index in [1.807, 2.05) is 0 Å². The van der Waals surface area contributed by atoms with Crippen LogP contribution in [0.1, 0.15) is 297 Å². The zero-order chi connectivity index (χ0) is 47.9. The first-order valence-electron chi connectivity index (χ1n) is 28.7. The maximum atomic E-state index is 12.8. The van der Waals surface area contributed by atoms with E-state index in [4.69, 9.17) is 14.2 Å². The minimum atomic E-state index is -0.780. The molecule has 0 bridgehead atoms. The summed E-state index contributed by atoms with van der Waals surface area (Å²) < 4.78 is 16.9. The van der Waals surface area contributed by atoms with Gasteiger partial charge in [0, 0.05) is 19.3 Å². The number of carbonyl (C=O) groups excluding carboxylic acids is 3. The van der Waals surface area contributed by atoms with Gasteiger partial charge < -0.3 is 14.2 Å². The summed E-state index contributed by atoms with van der Waals surface area (Å²) in [6.07, 6.45) is 66.7. The highest BCUT2D eigenvalue weighted by atomic mass is 16.6. The van der Waals surface area contributed by atoms with E-state index in [-0.39, 0.29) is 31.1 Å². The van der Waals surface area contributed by atoms with Crippen LogP contribution in [0.4, 0.5) is 0 Å². The summed E-state index contributed by atoms with van der Waals surface area (Å²) in [5.41, 5.74) is 0. The van der Waals surface area contributed by atoms with E-state index in [9.17, 15) is 14.4 Å². The molecule has 6 nitrogen and oxygen atoms in total. The van der Waals surface area contributed by atoms with Crippen LogP contribution in [-0.4, -0.2) is 37.2 Å². The van der Waals surface area contributed by atoms with Gasteiger partial charge in [0.15, 0.2) is 6.10 Å². The predicted molar refractivity (Wildman–Crippen MR) is 284 cm³/mol. The molecule has 0 aliphatic rings. The largest absolute Gasteiger partial charge is 0.462 e. The van der Waals surface area contributed by atoms with Gasteiger partial charge in [-0.25, -0.2) is 0 Å². The number of esters is 3. The van der Waals surface area contributed by atoms with E-state index in [0.29, 0.717) is 19.3 Å². The molecule has 0 aromatic rings. The average Bonchev–Trinajstić information content (AvgIpc) is 3.31. The van der Waals surface area contributed by atoms with Gasteiger partial charge in [-0.1, -0.05) is 256 Å². The van der Waals surface area contributed by atoms with Gasteiger partial charge in [0.25, 0.3) is 0 Å². The Morgan fingerprint density at radius 3 is 1.00 bits per heavy atom. The monoisotopic (exact) mass is 925 g/mol. The van der Waals surface area contributed by atoms with Crippen LogP contribution in [0.25, 0.3) is 0 Å². The topological polar surface area (TPSA) is 78.9 Å². The second-order valence-electron chi connectivity index (χ2n) is 19.2. The Balaban J connectivity index is 4.38. The molecule has 0 spiro atoms. The molecule has 0 aliphatic carbocycles. The average molecular weight is 926 g/mol. The Morgan fingerprint density at radius 1 is 0.333 bits per heavy atom. The highest BCUT2D eigenvalue weighted by molar-refractivity contribution is 5.71. The maximum Gasteiger partial charge on any atom is 0.306 e. The molecule has 0 heterocycles. The van der Waals surface area contributed by atoms with Gasteiger partial charge in [0.1, 0.15) is 13.2 Å². The third-order valence-electron chi connectivity index (χ3n) is 12.6. The number of carbonyl (C=O) groups is 3. The van der Waals surface area contributed by atoms with Gasteiger partial charge in [0.2, 0.25) is 0 Å². The van der Waals surface area contributed by atoms with E-state index < -0.39 is 6.10 Å². The first-order valence-corrected chi connectivity index (χ1v) is 28.7. The van der Waals surface area contributed by atoms with Crippen molar-refractivity contribution >= 4 is 17.9 Å². The summed E-state index contributed by atoms with van der Waals surface area (Å²) in [6, 6.07) is 0. The van der Waals surface area contributed by atoms with E-state index in [2.05, 4.69) is 69.4 Å². The lowest BCUT2D eigenvalue weighted by molar-refractivity contribution is -0.167. The van der Waals surface area contributed by atoms with E-state index in [0.717, 1.165) is 96.3 Å². The quantitative estimate of drug-likeness (QED) is 0.0199. The molecule has 0 N–H and O–H groups in total. The molecular formula is C60H108O6. The fourth-order valence-electron chi connectivity index (χ4n) is 8.30. The lowest BCUT2D eigenvalue weighted by Crippen LogP contribution is -2.30. The smallest absolute Gasteiger partial charge is 0.306 e. The number of rotatable bonds is 52. The van der Waals surface area contributed by atoms with Gasteiger partial charge in [-0.15, -0.1) is 0 Å². The van der Waals surface area contributed by atoms with Gasteiger partial charge in [-0.2, -0.15) is 0 Å². The number of hydrogen-bond acceptors (Lipinski definition) is 6. The van der Waals surface area contributed by atoms with Crippen LogP contribution >= 0.6 is 0 Å². The van der Waals surface area contributed by atoms with Gasteiger partial charge >= 0.3 is 17.9 Å². The Morgan fingerprint density at radius 2 is 0.636 bits per heavy atom. The Hall–Kier alpha value is -2.63. The molecule has 0 rings (SSSR count). The third-order valence-corrected chi connectivity index (χ3v) is 12.6. The zero-order valence-corrected chi connectivity index (χ0v) is 44.0. The Labute approximate surface area is 409 Å². The van der Waals surface area contributed by atoms with Crippen LogP contribution in [0.15, 0.2) is 48.6 Å². The third kappa shape index (κ3) is 52.3. The molecule has 0 amide bonds. The number of unbranched alkanes of at least 4 members (excludes halogenated alkanes) is 34. The fourth-order valence-corrected chi connectivity index (χ4v) is 8.30. The molecule has 0 saturated carbocycles. The molecule has 384 valence electrons. The molecular weight excluding hydrogens is 817 g/mol. The highest BCUT2D eigenvalue weighted by Crippen LogP contribution is 2.16. The molecule has 0 saturated heterocycles. The standard InChI is InChI=1S/C60H108O6/c1-4-7-10-13-16-19-22-25-28-30-31-33-35-38-41-44-47-50-53-59(62)65-56-57(55-64-58(61)52-49-46-43-40-37-34-27-24-21-18-15-12-9-6-3)66-60(63)54-51-48-45-42-39-36-32-29-26-23-20-17-14-11-8-5-2/h9,12,18,21,28,30-31,33,57H,4-8,10-11,13-17,19-20,22-27,29,32,34-56H2,1-3H3/b12-9-,21-18-,30-28-,33-31-. The molecule has 0 fully saturated rings. The summed E-state index contributed by atoms with van der Waals surface area (Å²) in [5.74, 6) is -0.888. The second-order valence-corrected chi connectivity index (χ2v) is 19.2. The van der Waals surface area contributed by atoms with Crippen LogP contribution in [0, 0.1) is 0 Å². The summed E-state index contributed by atoms with van der Waals surface area (Å²) in [4.78, 5) is 38.1. The molecule has 0 aliphatic heterocycles. The summed E-state index contributed by atoms with van der Waals surface area (Å²) in [7, 11) is 0.